The second-order valence-electron chi connectivity index (χ2n) is 4.85. The van der Waals surface area contributed by atoms with Gasteiger partial charge in [0.15, 0.2) is 0 Å². The molecule has 1 N–H and O–H groups in total. The maximum Gasteiger partial charge on any atom is 0.407 e. The molecule has 0 bridgehead atoms. The Morgan fingerprint density at radius 2 is 2.00 bits per heavy atom. The zero-order valence-electron chi connectivity index (χ0n) is 12.5. The van der Waals surface area contributed by atoms with Crippen molar-refractivity contribution in [1.29, 1.82) is 0 Å². The molecule has 0 aliphatic heterocycles. The minimum absolute atomic E-state index is 0.249. The third-order valence-electron chi connectivity index (χ3n) is 3.05. The molecule has 5 heteroatoms. The first-order chi connectivity index (χ1) is 11.1. The van der Waals surface area contributed by atoms with Crippen molar-refractivity contribution in [3.8, 4) is 0 Å². The Hall–Kier alpha value is -2.14. The predicted octanol–water partition coefficient (Wildman–Crippen LogP) is 4.92. The average Bonchev–Trinajstić information content (AvgIpc) is 2.56. The highest BCUT2D eigenvalue weighted by molar-refractivity contribution is 9.10. The fourth-order valence-corrected chi connectivity index (χ4v) is 2.26. The maximum atomic E-state index is 13.1. The summed E-state index contributed by atoms with van der Waals surface area (Å²) in [6.07, 6.45) is 3.86. The number of rotatable bonds is 6. The SMILES string of the molecule is O=C(NCCC=Cc1cc(F)ccc1Br)OCc1ccccc1. The highest BCUT2D eigenvalue weighted by atomic mass is 79.9. The van der Waals surface area contributed by atoms with E-state index in [-0.39, 0.29) is 12.4 Å². The van der Waals surface area contributed by atoms with E-state index in [1.165, 1.54) is 12.1 Å². The van der Waals surface area contributed by atoms with E-state index < -0.39 is 6.09 Å². The number of amides is 1. The number of carbonyl (C=O) groups is 1. The lowest BCUT2D eigenvalue weighted by atomic mass is 10.2. The first-order valence-electron chi connectivity index (χ1n) is 7.21. The lowest BCUT2D eigenvalue weighted by Crippen LogP contribution is -2.24. The highest BCUT2D eigenvalue weighted by Crippen LogP contribution is 2.19. The second kappa shape index (κ2) is 9.10. The van der Waals surface area contributed by atoms with Gasteiger partial charge in [0.25, 0.3) is 0 Å². The number of halogens is 2. The van der Waals surface area contributed by atoms with Gasteiger partial charge in [-0.05, 0) is 35.7 Å². The number of nitrogens with one attached hydrogen (secondary N) is 1. The fourth-order valence-electron chi connectivity index (χ4n) is 1.88. The molecule has 0 heterocycles. The minimum Gasteiger partial charge on any atom is -0.445 e. The number of hydrogen-bond donors (Lipinski definition) is 1. The Labute approximate surface area is 143 Å². The quantitative estimate of drug-likeness (QED) is 0.725. The summed E-state index contributed by atoms with van der Waals surface area (Å²) in [7, 11) is 0. The molecule has 0 aromatic heterocycles. The van der Waals surface area contributed by atoms with Crippen molar-refractivity contribution >= 4 is 28.1 Å². The molecule has 0 aliphatic carbocycles. The van der Waals surface area contributed by atoms with Crippen LogP contribution in [0.2, 0.25) is 0 Å². The van der Waals surface area contributed by atoms with Crippen molar-refractivity contribution in [1.82, 2.24) is 5.32 Å². The van der Waals surface area contributed by atoms with E-state index in [1.807, 2.05) is 42.5 Å². The molecule has 3 nitrogen and oxygen atoms in total. The van der Waals surface area contributed by atoms with Gasteiger partial charge in [-0.3, -0.25) is 0 Å². The minimum atomic E-state index is -0.450. The Kier molecular flexibility index (Phi) is 6.81. The van der Waals surface area contributed by atoms with Crippen LogP contribution in [0.1, 0.15) is 17.5 Å². The van der Waals surface area contributed by atoms with Crippen molar-refractivity contribution in [2.24, 2.45) is 0 Å². The Morgan fingerprint density at radius 1 is 1.22 bits per heavy atom. The average molecular weight is 378 g/mol. The highest BCUT2D eigenvalue weighted by Gasteiger charge is 2.01. The monoisotopic (exact) mass is 377 g/mol. The van der Waals surface area contributed by atoms with Crippen LogP contribution in [-0.2, 0) is 11.3 Å². The Balaban J connectivity index is 1.67. The van der Waals surface area contributed by atoms with E-state index in [2.05, 4.69) is 21.2 Å². The van der Waals surface area contributed by atoms with Gasteiger partial charge in [-0.2, -0.15) is 0 Å². The van der Waals surface area contributed by atoms with Gasteiger partial charge in [-0.15, -0.1) is 0 Å². The number of carbonyl (C=O) groups excluding carboxylic acids is 1. The maximum absolute atomic E-state index is 13.1. The zero-order chi connectivity index (χ0) is 16.5. The van der Waals surface area contributed by atoms with Crippen molar-refractivity contribution < 1.29 is 13.9 Å². The molecule has 2 aromatic carbocycles. The summed E-state index contributed by atoms with van der Waals surface area (Å²) in [5, 5.41) is 2.67. The van der Waals surface area contributed by atoms with Crippen LogP contribution < -0.4 is 5.32 Å². The molecular weight excluding hydrogens is 361 g/mol. The number of ether oxygens (including phenoxy) is 1. The van der Waals surface area contributed by atoms with Crippen LogP contribution in [0.25, 0.3) is 6.08 Å². The van der Waals surface area contributed by atoms with Gasteiger partial charge in [0.05, 0.1) is 0 Å². The molecule has 0 aliphatic rings. The molecule has 0 saturated carbocycles. The van der Waals surface area contributed by atoms with Crippen LogP contribution in [0.5, 0.6) is 0 Å². The predicted molar refractivity (Wildman–Crippen MR) is 92.4 cm³/mol. The standard InChI is InChI=1S/C18H17BrFNO2/c19-17-10-9-16(20)12-15(17)8-4-5-11-21-18(22)23-13-14-6-2-1-3-7-14/h1-4,6-10,12H,5,11,13H2,(H,21,22). The molecule has 0 unspecified atom stereocenters. The molecule has 0 spiro atoms. The van der Waals surface area contributed by atoms with Crippen LogP contribution in [-0.4, -0.2) is 12.6 Å². The van der Waals surface area contributed by atoms with Gasteiger partial charge in [-0.1, -0.05) is 58.4 Å². The first-order valence-corrected chi connectivity index (χ1v) is 8.00. The lowest BCUT2D eigenvalue weighted by Gasteiger charge is -2.06. The van der Waals surface area contributed by atoms with Gasteiger partial charge >= 0.3 is 6.09 Å². The van der Waals surface area contributed by atoms with Crippen molar-refractivity contribution in [2.45, 2.75) is 13.0 Å². The Bertz CT molecular complexity index is 674. The number of alkyl carbamates (subject to hydrolysis) is 1. The topological polar surface area (TPSA) is 38.3 Å². The molecule has 0 atom stereocenters. The summed E-state index contributed by atoms with van der Waals surface area (Å²) in [6, 6.07) is 14.0. The molecule has 23 heavy (non-hydrogen) atoms. The third-order valence-corrected chi connectivity index (χ3v) is 3.77. The fraction of sp³-hybridized carbons (Fsp3) is 0.167. The molecule has 2 rings (SSSR count). The zero-order valence-corrected chi connectivity index (χ0v) is 14.1. The van der Waals surface area contributed by atoms with Crippen LogP contribution >= 0.6 is 15.9 Å². The normalized spacial score (nSPS) is 10.7. The van der Waals surface area contributed by atoms with Gasteiger partial charge in [0.1, 0.15) is 12.4 Å². The number of hydrogen-bond acceptors (Lipinski definition) is 2. The van der Waals surface area contributed by atoms with E-state index in [4.69, 9.17) is 4.74 Å². The summed E-state index contributed by atoms with van der Waals surface area (Å²) in [5.41, 5.74) is 1.70. The number of benzene rings is 2. The smallest absolute Gasteiger partial charge is 0.407 e. The van der Waals surface area contributed by atoms with Gasteiger partial charge < -0.3 is 10.1 Å². The van der Waals surface area contributed by atoms with E-state index in [0.29, 0.717) is 13.0 Å². The summed E-state index contributed by atoms with van der Waals surface area (Å²) in [4.78, 5) is 11.5. The van der Waals surface area contributed by atoms with Gasteiger partial charge in [0, 0.05) is 11.0 Å². The van der Waals surface area contributed by atoms with Crippen LogP contribution in [0.4, 0.5) is 9.18 Å². The van der Waals surface area contributed by atoms with Gasteiger partial charge in [-0.25, -0.2) is 9.18 Å². The van der Waals surface area contributed by atoms with E-state index in [0.717, 1.165) is 15.6 Å². The lowest BCUT2D eigenvalue weighted by molar-refractivity contribution is 0.140. The summed E-state index contributed by atoms with van der Waals surface area (Å²) < 4.78 is 19.0. The first kappa shape index (κ1) is 17.2. The molecule has 120 valence electrons. The van der Waals surface area contributed by atoms with Crippen LogP contribution in [0, 0.1) is 5.82 Å². The summed E-state index contributed by atoms with van der Waals surface area (Å²) >= 11 is 3.36. The largest absolute Gasteiger partial charge is 0.445 e. The van der Waals surface area contributed by atoms with Crippen LogP contribution in [0.15, 0.2) is 59.1 Å². The Morgan fingerprint density at radius 3 is 2.78 bits per heavy atom. The van der Waals surface area contributed by atoms with Crippen molar-refractivity contribution in [2.75, 3.05) is 6.54 Å². The van der Waals surface area contributed by atoms with Gasteiger partial charge in [0.2, 0.25) is 0 Å². The molecule has 2 aromatic rings. The second-order valence-corrected chi connectivity index (χ2v) is 5.70. The summed E-state index contributed by atoms with van der Waals surface area (Å²) in [6.45, 7) is 0.704. The van der Waals surface area contributed by atoms with Crippen molar-refractivity contribution in [3.63, 3.8) is 0 Å². The molecular formula is C18H17BrFNO2. The molecule has 0 radical (unpaired) electrons. The van der Waals surface area contributed by atoms with Crippen LogP contribution in [0.3, 0.4) is 0 Å². The molecule has 0 fully saturated rings. The molecule has 1 amide bonds. The van der Waals surface area contributed by atoms with Crippen molar-refractivity contribution in [3.05, 3.63) is 76.0 Å². The summed E-state index contributed by atoms with van der Waals surface area (Å²) in [5.74, 6) is -0.282. The van der Waals surface area contributed by atoms with E-state index >= 15 is 0 Å². The van der Waals surface area contributed by atoms with E-state index in [1.54, 1.807) is 6.07 Å². The third kappa shape index (κ3) is 6.24. The van der Waals surface area contributed by atoms with E-state index in [9.17, 15) is 9.18 Å². The molecule has 0 saturated heterocycles.